The van der Waals surface area contributed by atoms with Crippen LogP contribution in [-0.2, 0) is 14.8 Å². The highest BCUT2D eigenvalue weighted by molar-refractivity contribution is 7.89. The molecule has 0 aromatic heterocycles. The number of hydrogen-bond acceptors (Lipinski definition) is 7. The first kappa shape index (κ1) is 19.2. The van der Waals surface area contributed by atoms with Crippen LogP contribution in [0.15, 0.2) is 52.5 Å². The summed E-state index contributed by atoms with van der Waals surface area (Å²) >= 11 is 0. The first-order chi connectivity index (χ1) is 12.3. The van der Waals surface area contributed by atoms with Gasteiger partial charge in [-0.2, -0.15) is 5.10 Å². The van der Waals surface area contributed by atoms with Gasteiger partial charge in [-0.3, -0.25) is 10.2 Å². The number of hydrogen-bond donors (Lipinski definition) is 3. The second kappa shape index (κ2) is 8.32. The van der Waals surface area contributed by atoms with Crippen molar-refractivity contribution in [3.8, 4) is 11.5 Å². The van der Waals surface area contributed by atoms with Gasteiger partial charge in [-0.25, -0.2) is 13.6 Å². The number of rotatable bonds is 8. The molecule has 0 aliphatic heterocycles. The summed E-state index contributed by atoms with van der Waals surface area (Å²) in [6.45, 7) is -0.272. The van der Waals surface area contributed by atoms with Crippen LogP contribution >= 0.6 is 0 Å². The van der Waals surface area contributed by atoms with Crippen LogP contribution in [0, 0.1) is 0 Å². The zero-order valence-corrected chi connectivity index (χ0v) is 14.7. The number of carbonyl (C=O) groups excluding carboxylic acids is 1. The zero-order valence-electron chi connectivity index (χ0n) is 13.9. The van der Waals surface area contributed by atoms with Crippen LogP contribution in [0.2, 0.25) is 0 Å². The molecule has 0 saturated carbocycles. The van der Waals surface area contributed by atoms with Crippen molar-refractivity contribution in [1.29, 1.82) is 0 Å². The van der Waals surface area contributed by atoms with E-state index in [0.717, 1.165) is 0 Å². The van der Waals surface area contributed by atoms with Gasteiger partial charge in [-0.15, -0.1) is 0 Å². The van der Waals surface area contributed by atoms with Crippen molar-refractivity contribution in [3.05, 3.63) is 48.0 Å². The van der Waals surface area contributed by atoms with Gasteiger partial charge in [0, 0.05) is 0 Å². The van der Waals surface area contributed by atoms with Gasteiger partial charge in [0.25, 0.3) is 5.91 Å². The highest BCUT2D eigenvalue weighted by Gasteiger charge is 2.07. The highest BCUT2D eigenvalue weighted by Crippen LogP contribution is 2.27. The molecule has 0 heterocycles. The Morgan fingerprint density at radius 3 is 2.46 bits per heavy atom. The number of methoxy groups -OCH3 is 1. The maximum atomic E-state index is 11.2. The number of primary amides is 1. The number of anilines is 1. The molecule has 0 unspecified atom stereocenters. The standard InChI is InChI=1S/C16H18N4O5S/c1-24-14-7-2-11(8-15(14)25-10-16(17)21)9-19-20-12-3-5-13(6-4-12)26(18,22)23/h2-9,20H,10H2,1H3,(H2,17,21)(H2,18,22,23)/b19-9+. The lowest BCUT2D eigenvalue weighted by molar-refractivity contribution is -0.119. The van der Waals surface area contributed by atoms with E-state index in [1.807, 2.05) is 0 Å². The normalized spacial score (nSPS) is 11.3. The lowest BCUT2D eigenvalue weighted by atomic mass is 10.2. The number of ether oxygens (including phenoxy) is 2. The van der Waals surface area contributed by atoms with E-state index < -0.39 is 15.9 Å². The molecule has 5 N–H and O–H groups in total. The number of carbonyl (C=O) groups is 1. The van der Waals surface area contributed by atoms with Crippen LogP contribution in [-0.4, -0.2) is 34.3 Å². The number of primary sulfonamides is 1. The number of hydrazone groups is 1. The Labute approximate surface area is 150 Å². The van der Waals surface area contributed by atoms with Gasteiger partial charge in [-0.05, 0) is 48.0 Å². The van der Waals surface area contributed by atoms with E-state index in [4.69, 9.17) is 20.3 Å². The van der Waals surface area contributed by atoms with Crippen molar-refractivity contribution in [2.24, 2.45) is 16.0 Å². The van der Waals surface area contributed by atoms with Crippen LogP contribution in [0.1, 0.15) is 5.56 Å². The average molecular weight is 378 g/mol. The topological polar surface area (TPSA) is 146 Å². The van der Waals surface area contributed by atoms with Gasteiger partial charge < -0.3 is 15.2 Å². The van der Waals surface area contributed by atoms with Crippen LogP contribution in [0.4, 0.5) is 5.69 Å². The molecule has 0 fully saturated rings. The number of nitrogens with one attached hydrogen (secondary N) is 1. The van der Waals surface area contributed by atoms with Crippen LogP contribution in [0.25, 0.3) is 0 Å². The molecule has 0 aliphatic rings. The molecule has 2 aromatic carbocycles. The summed E-state index contributed by atoms with van der Waals surface area (Å²) in [5.74, 6) is 0.207. The second-order valence-corrected chi connectivity index (χ2v) is 6.67. The van der Waals surface area contributed by atoms with Crippen molar-refractivity contribution in [3.63, 3.8) is 0 Å². The van der Waals surface area contributed by atoms with Crippen molar-refractivity contribution >= 4 is 27.8 Å². The number of sulfonamides is 1. The predicted molar refractivity (Wildman–Crippen MR) is 96.7 cm³/mol. The Balaban J connectivity index is 2.07. The largest absolute Gasteiger partial charge is 0.493 e. The smallest absolute Gasteiger partial charge is 0.255 e. The van der Waals surface area contributed by atoms with Crippen LogP contribution in [0.3, 0.4) is 0 Å². The Morgan fingerprint density at radius 2 is 1.88 bits per heavy atom. The Hall–Kier alpha value is -3.11. The molecular formula is C16H18N4O5S. The minimum atomic E-state index is -3.73. The van der Waals surface area contributed by atoms with Gasteiger partial charge in [-0.1, -0.05) is 0 Å². The van der Waals surface area contributed by atoms with Gasteiger partial charge in [0.05, 0.1) is 23.9 Å². The monoisotopic (exact) mass is 378 g/mol. The molecule has 0 aliphatic carbocycles. The third-order valence-electron chi connectivity index (χ3n) is 3.15. The molecule has 0 spiro atoms. The Kier molecular flexibility index (Phi) is 6.15. The molecule has 1 amide bonds. The van der Waals surface area contributed by atoms with Crippen LogP contribution < -0.4 is 25.8 Å². The van der Waals surface area contributed by atoms with E-state index in [1.165, 1.54) is 37.6 Å². The number of nitrogens with zero attached hydrogens (tertiary/aromatic N) is 1. The van der Waals surface area contributed by atoms with E-state index in [2.05, 4.69) is 10.5 Å². The molecule has 0 bridgehead atoms. The van der Waals surface area contributed by atoms with E-state index in [1.54, 1.807) is 18.2 Å². The van der Waals surface area contributed by atoms with Gasteiger partial charge >= 0.3 is 0 Å². The molecule has 138 valence electrons. The number of nitrogens with two attached hydrogens (primary N) is 2. The minimum Gasteiger partial charge on any atom is -0.493 e. The molecule has 0 saturated heterocycles. The quantitative estimate of drug-likeness (QED) is 0.454. The fourth-order valence-corrected chi connectivity index (χ4v) is 2.45. The lowest BCUT2D eigenvalue weighted by Crippen LogP contribution is -2.20. The summed E-state index contributed by atoms with van der Waals surface area (Å²) in [5.41, 5.74) is 9.08. The third kappa shape index (κ3) is 5.46. The highest BCUT2D eigenvalue weighted by atomic mass is 32.2. The fourth-order valence-electron chi connectivity index (χ4n) is 1.94. The summed E-state index contributed by atoms with van der Waals surface area (Å²) < 4.78 is 32.8. The molecule has 0 radical (unpaired) electrons. The Bertz CT molecular complexity index is 911. The summed E-state index contributed by atoms with van der Waals surface area (Å²) in [7, 11) is -2.25. The SMILES string of the molecule is COc1ccc(/C=N/Nc2ccc(S(N)(=O)=O)cc2)cc1OCC(N)=O. The summed E-state index contributed by atoms with van der Waals surface area (Å²) in [5, 5.41) is 9.09. The first-order valence-corrected chi connectivity index (χ1v) is 8.85. The summed E-state index contributed by atoms with van der Waals surface area (Å²) in [6.07, 6.45) is 1.52. The molecule has 9 nitrogen and oxygen atoms in total. The summed E-state index contributed by atoms with van der Waals surface area (Å²) in [4.78, 5) is 10.9. The first-order valence-electron chi connectivity index (χ1n) is 7.30. The van der Waals surface area contributed by atoms with E-state index in [-0.39, 0.29) is 11.5 Å². The summed E-state index contributed by atoms with van der Waals surface area (Å²) in [6, 6.07) is 10.9. The van der Waals surface area contributed by atoms with E-state index >= 15 is 0 Å². The minimum absolute atomic E-state index is 0.0124. The molecule has 0 atom stereocenters. The van der Waals surface area contributed by atoms with Crippen LogP contribution in [0.5, 0.6) is 11.5 Å². The average Bonchev–Trinajstić information content (AvgIpc) is 2.59. The van der Waals surface area contributed by atoms with Crippen molar-refractivity contribution in [2.75, 3.05) is 19.1 Å². The van der Waals surface area contributed by atoms with E-state index in [9.17, 15) is 13.2 Å². The Morgan fingerprint density at radius 1 is 1.19 bits per heavy atom. The zero-order chi connectivity index (χ0) is 19.2. The molecule has 2 rings (SSSR count). The molecule has 10 heteroatoms. The van der Waals surface area contributed by atoms with Gasteiger partial charge in [0.1, 0.15) is 0 Å². The number of amides is 1. The molecule has 2 aromatic rings. The van der Waals surface area contributed by atoms with Crippen molar-refractivity contribution in [2.45, 2.75) is 4.90 Å². The van der Waals surface area contributed by atoms with Gasteiger partial charge in [0.15, 0.2) is 18.1 Å². The maximum absolute atomic E-state index is 11.2. The van der Waals surface area contributed by atoms with Gasteiger partial charge in [0.2, 0.25) is 10.0 Å². The second-order valence-electron chi connectivity index (χ2n) is 5.10. The van der Waals surface area contributed by atoms with Crippen molar-refractivity contribution < 1.29 is 22.7 Å². The van der Waals surface area contributed by atoms with E-state index in [0.29, 0.717) is 22.7 Å². The van der Waals surface area contributed by atoms with Crippen molar-refractivity contribution in [1.82, 2.24) is 0 Å². The maximum Gasteiger partial charge on any atom is 0.255 e. The fraction of sp³-hybridized carbons (Fsp3) is 0.125. The predicted octanol–water partition coefficient (Wildman–Crippen LogP) is 0.653. The molecule has 26 heavy (non-hydrogen) atoms. The lowest BCUT2D eigenvalue weighted by Gasteiger charge is -2.09. The molecular weight excluding hydrogens is 360 g/mol. The third-order valence-corrected chi connectivity index (χ3v) is 4.08. The number of benzene rings is 2.